The van der Waals surface area contributed by atoms with E-state index >= 15 is 0 Å². The van der Waals surface area contributed by atoms with Crippen LogP contribution in [0.3, 0.4) is 0 Å². The van der Waals surface area contributed by atoms with Crippen LogP contribution in [-0.2, 0) is 13.0 Å². The summed E-state index contributed by atoms with van der Waals surface area (Å²) in [6, 6.07) is 0. The van der Waals surface area contributed by atoms with E-state index in [-0.39, 0.29) is 11.7 Å². The summed E-state index contributed by atoms with van der Waals surface area (Å²) in [5.74, 6) is 1.17. The molecule has 0 amide bonds. The third kappa shape index (κ3) is 2.70. The highest BCUT2D eigenvalue weighted by molar-refractivity contribution is 5.93. The highest BCUT2D eigenvalue weighted by atomic mass is 16.3. The Balaban J connectivity index is 1.63. The molecule has 10 heteroatoms. The summed E-state index contributed by atoms with van der Waals surface area (Å²) in [6.07, 6.45) is 6.82. The molecule has 0 unspecified atom stereocenters. The predicted molar refractivity (Wildman–Crippen MR) is 91.4 cm³/mol. The van der Waals surface area contributed by atoms with Crippen molar-refractivity contribution in [1.29, 1.82) is 0 Å². The highest BCUT2D eigenvalue weighted by Gasteiger charge is 2.17. The number of carbonyl (C=O) groups is 1. The topological polar surface area (TPSA) is 130 Å². The number of rotatable bonds is 5. The molecule has 0 bridgehead atoms. The molecule has 0 atom stereocenters. The maximum Gasteiger partial charge on any atom is 0.245 e. The van der Waals surface area contributed by atoms with Gasteiger partial charge in [0.1, 0.15) is 12.0 Å². The first-order valence-corrected chi connectivity index (χ1v) is 7.98. The first-order valence-electron chi connectivity index (χ1n) is 7.98. The van der Waals surface area contributed by atoms with Gasteiger partial charge >= 0.3 is 0 Å². The third-order valence-electron chi connectivity index (χ3n) is 4.02. The number of fused-ring (bicyclic) bond motifs is 1. The zero-order chi connectivity index (χ0) is 18.3. The quantitative estimate of drug-likeness (QED) is 0.532. The van der Waals surface area contributed by atoms with E-state index in [1.54, 1.807) is 23.3 Å². The standard InChI is InChI=1S/C16H16N8O2/c1-9-13(15-18-4-6-26-15)21-16(17)24-14(9)20-12(22-24)3-5-23-8-11(7-19-23)10(2)25/h4,6-8H,3,5H2,1-2H3,(H2,17,21). The van der Waals surface area contributed by atoms with Crippen LogP contribution < -0.4 is 5.73 Å². The molecule has 0 spiro atoms. The van der Waals surface area contributed by atoms with E-state index in [0.717, 1.165) is 5.56 Å². The Bertz CT molecular complexity index is 1090. The third-order valence-corrected chi connectivity index (χ3v) is 4.02. The number of carbonyl (C=O) groups excluding carboxylic acids is 1. The lowest BCUT2D eigenvalue weighted by Gasteiger charge is -2.04. The van der Waals surface area contributed by atoms with Crippen molar-refractivity contribution >= 4 is 17.4 Å². The number of nitrogen functional groups attached to an aromatic ring is 1. The Morgan fingerprint density at radius 1 is 1.35 bits per heavy atom. The summed E-state index contributed by atoms with van der Waals surface area (Å²) in [5, 5.41) is 8.58. The molecule has 4 rings (SSSR count). The summed E-state index contributed by atoms with van der Waals surface area (Å²) in [5.41, 5.74) is 8.51. The van der Waals surface area contributed by atoms with Crippen molar-refractivity contribution in [3.05, 3.63) is 41.8 Å². The minimum Gasteiger partial charge on any atom is -0.443 e. The molecule has 4 aromatic rings. The van der Waals surface area contributed by atoms with Crippen LogP contribution in [0.1, 0.15) is 28.7 Å². The van der Waals surface area contributed by atoms with Crippen molar-refractivity contribution in [3.8, 4) is 11.6 Å². The number of anilines is 1. The average molecular weight is 352 g/mol. The van der Waals surface area contributed by atoms with Gasteiger partial charge in [-0.2, -0.15) is 9.61 Å². The van der Waals surface area contributed by atoms with Crippen LogP contribution in [0, 0.1) is 6.92 Å². The minimum absolute atomic E-state index is 0.0179. The normalized spacial score (nSPS) is 11.3. The second-order valence-electron chi connectivity index (χ2n) is 5.84. The Hall–Kier alpha value is -3.56. The van der Waals surface area contributed by atoms with Crippen LogP contribution >= 0.6 is 0 Å². The second kappa shape index (κ2) is 6.06. The van der Waals surface area contributed by atoms with Gasteiger partial charge in [0.15, 0.2) is 17.3 Å². The van der Waals surface area contributed by atoms with Crippen molar-refractivity contribution in [3.63, 3.8) is 0 Å². The SMILES string of the molecule is CC(=O)c1cnn(CCc2nc3c(C)c(-c4ncco4)nc(N)n3n2)c1. The second-order valence-corrected chi connectivity index (χ2v) is 5.84. The number of hydrogen-bond acceptors (Lipinski definition) is 8. The molecule has 26 heavy (non-hydrogen) atoms. The number of oxazole rings is 1. The fourth-order valence-electron chi connectivity index (χ4n) is 2.65. The molecular formula is C16H16N8O2. The summed E-state index contributed by atoms with van der Waals surface area (Å²) >= 11 is 0. The van der Waals surface area contributed by atoms with Gasteiger partial charge in [0.25, 0.3) is 0 Å². The maximum atomic E-state index is 11.3. The largest absolute Gasteiger partial charge is 0.443 e. The predicted octanol–water partition coefficient (Wildman–Crippen LogP) is 1.31. The molecule has 0 radical (unpaired) electrons. The Kier molecular flexibility index (Phi) is 3.72. The number of ketones is 1. The Labute approximate surface area is 147 Å². The van der Waals surface area contributed by atoms with Crippen molar-refractivity contribution < 1.29 is 9.21 Å². The summed E-state index contributed by atoms with van der Waals surface area (Å²) in [7, 11) is 0. The van der Waals surface area contributed by atoms with Gasteiger partial charge in [0, 0.05) is 24.7 Å². The summed E-state index contributed by atoms with van der Waals surface area (Å²) in [4.78, 5) is 24.3. The van der Waals surface area contributed by atoms with Gasteiger partial charge in [-0.05, 0) is 13.8 Å². The van der Waals surface area contributed by atoms with Crippen LogP contribution in [0.25, 0.3) is 17.2 Å². The zero-order valence-electron chi connectivity index (χ0n) is 14.2. The minimum atomic E-state index is -0.0179. The number of nitrogens with zero attached hydrogens (tertiary/aromatic N) is 7. The molecule has 0 aliphatic rings. The molecule has 132 valence electrons. The Morgan fingerprint density at radius 2 is 2.19 bits per heavy atom. The van der Waals surface area contributed by atoms with E-state index in [1.165, 1.54) is 17.7 Å². The number of Topliss-reactive ketones (excluding diaryl/α,β-unsaturated/α-hetero) is 1. The fourth-order valence-corrected chi connectivity index (χ4v) is 2.65. The van der Waals surface area contributed by atoms with E-state index in [0.29, 0.717) is 41.6 Å². The molecule has 4 heterocycles. The maximum absolute atomic E-state index is 11.3. The zero-order valence-corrected chi connectivity index (χ0v) is 14.2. The van der Waals surface area contributed by atoms with Gasteiger partial charge in [-0.25, -0.2) is 15.0 Å². The van der Waals surface area contributed by atoms with Gasteiger partial charge in [-0.3, -0.25) is 9.48 Å². The number of nitrogens with two attached hydrogens (primary N) is 1. The Morgan fingerprint density at radius 3 is 2.88 bits per heavy atom. The van der Waals surface area contributed by atoms with Crippen LogP contribution in [0.2, 0.25) is 0 Å². The van der Waals surface area contributed by atoms with E-state index in [9.17, 15) is 4.79 Å². The first-order chi connectivity index (χ1) is 12.5. The average Bonchev–Trinajstić information content (AvgIpc) is 3.36. The van der Waals surface area contributed by atoms with Gasteiger partial charge < -0.3 is 10.2 Å². The number of aryl methyl sites for hydroxylation is 3. The van der Waals surface area contributed by atoms with Crippen molar-refractivity contribution in [1.82, 2.24) is 34.3 Å². The summed E-state index contributed by atoms with van der Waals surface area (Å²) in [6.45, 7) is 3.92. The highest BCUT2D eigenvalue weighted by Crippen LogP contribution is 2.24. The molecule has 0 aromatic carbocycles. The van der Waals surface area contributed by atoms with E-state index in [1.807, 2.05) is 6.92 Å². The van der Waals surface area contributed by atoms with E-state index < -0.39 is 0 Å². The van der Waals surface area contributed by atoms with Crippen LogP contribution in [-0.4, -0.2) is 40.1 Å². The molecule has 0 fully saturated rings. The molecule has 2 N–H and O–H groups in total. The molecular weight excluding hydrogens is 336 g/mol. The number of aromatic nitrogens is 7. The van der Waals surface area contributed by atoms with Gasteiger partial charge in [0.05, 0.1) is 18.0 Å². The van der Waals surface area contributed by atoms with Crippen molar-refractivity contribution in [2.45, 2.75) is 26.8 Å². The molecule has 4 aromatic heterocycles. The first kappa shape index (κ1) is 15.9. The van der Waals surface area contributed by atoms with Gasteiger partial charge in [-0.15, -0.1) is 5.10 Å². The monoisotopic (exact) mass is 352 g/mol. The molecule has 0 aliphatic heterocycles. The smallest absolute Gasteiger partial charge is 0.245 e. The van der Waals surface area contributed by atoms with Crippen molar-refractivity contribution in [2.24, 2.45) is 0 Å². The lowest BCUT2D eigenvalue weighted by Crippen LogP contribution is -2.06. The molecule has 0 saturated carbocycles. The van der Waals surface area contributed by atoms with Gasteiger partial charge in [-0.1, -0.05) is 0 Å². The molecule has 0 aliphatic carbocycles. The van der Waals surface area contributed by atoms with Gasteiger partial charge in [0.2, 0.25) is 11.8 Å². The lowest BCUT2D eigenvalue weighted by atomic mass is 10.2. The summed E-state index contributed by atoms with van der Waals surface area (Å²) < 4.78 is 8.50. The molecule has 10 nitrogen and oxygen atoms in total. The molecule has 0 saturated heterocycles. The van der Waals surface area contributed by atoms with Crippen LogP contribution in [0.4, 0.5) is 5.95 Å². The van der Waals surface area contributed by atoms with E-state index in [2.05, 4.69) is 25.1 Å². The van der Waals surface area contributed by atoms with Crippen LogP contribution in [0.5, 0.6) is 0 Å². The van der Waals surface area contributed by atoms with Crippen LogP contribution in [0.15, 0.2) is 29.3 Å². The van der Waals surface area contributed by atoms with E-state index in [4.69, 9.17) is 10.2 Å². The van der Waals surface area contributed by atoms with Crippen molar-refractivity contribution in [2.75, 3.05) is 5.73 Å². The lowest BCUT2D eigenvalue weighted by molar-refractivity contribution is 0.101. The fraction of sp³-hybridized carbons (Fsp3) is 0.250. The number of hydrogen-bond donors (Lipinski definition) is 1.